The first kappa shape index (κ1) is 22.5. The van der Waals surface area contributed by atoms with Crippen LogP contribution in [0.4, 0.5) is 13.2 Å². The van der Waals surface area contributed by atoms with E-state index in [0.717, 1.165) is 48.0 Å². The van der Waals surface area contributed by atoms with Gasteiger partial charge in [0.05, 0.1) is 5.69 Å². The van der Waals surface area contributed by atoms with Crippen molar-refractivity contribution in [2.75, 3.05) is 0 Å². The molecular weight excluding hydrogens is 421 g/mol. The second-order valence-electron chi connectivity index (χ2n) is 8.18. The molecule has 0 saturated carbocycles. The van der Waals surface area contributed by atoms with Crippen molar-refractivity contribution in [2.45, 2.75) is 39.0 Å². The SMILES string of the molecule is CCCCc1ccc(-c2ccc3c(F)c(CCc4cc(F)c(C#N)c(F)c4)ccc3c2)nc1. The molecule has 2 nitrogen and oxygen atoms in total. The van der Waals surface area contributed by atoms with Crippen LogP contribution in [-0.4, -0.2) is 4.98 Å². The molecule has 0 radical (unpaired) electrons. The maximum Gasteiger partial charge on any atom is 0.144 e. The molecule has 0 spiro atoms. The summed E-state index contributed by atoms with van der Waals surface area (Å²) in [5.74, 6) is -2.13. The van der Waals surface area contributed by atoms with E-state index in [9.17, 15) is 8.78 Å². The number of nitriles is 1. The van der Waals surface area contributed by atoms with Gasteiger partial charge in [0.15, 0.2) is 0 Å². The summed E-state index contributed by atoms with van der Waals surface area (Å²) in [6.07, 6.45) is 5.73. The van der Waals surface area contributed by atoms with Gasteiger partial charge >= 0.3 is 0 Å². The summed E-state index contributed by atoms with van der Waals surface area (Å²) in [6, 6.07) is 16.9. The third kappa shape index (κ3) is 4.90. The minimum atomic E-state index is -0.897. The van der Waals surface area contributed by atoms with Crippen LogP contribution >= 0.6 is 0 Å². The third-order valence-corrected chi connectivity index (χ3v) is 5.87. The minimum absolute atomic E-state index is 0.258. The third-order valence-electron chi connectivity index (χ3n) is 5.87. The fraction of sp³-hybridized carbons (Fsp3) is 0.214. The van der Waals surface area contributed by atoms with E-state index < -0.39 is 17.2 Å². The molecule has 0 aliphatic rings. The Morgan fingerprint density at radius 1 is 0.848 bits per heavy atom. The summed E-state index contributed by atoms with van der Waals surface area (Å²) in [5.41, 5.74) is 3.22. The fourth-order valence-electron chi connectivity index (χ4n) is 3.97. The first-order chi connectivity index (χ1) is 16.0. The lowest BCUT2D eigenvalue weighted by atomic mass is 9.97. The van der Waals surface area contributed by atoms with Gasteiger partial charge in [-0.1, -0.05) is 43.7 Å². The molecular formula is C28H23F3N2. The molecule has 0 saturated heterocycles. The largest absolute Gasteiger partial charge is 0.256 e. The van der Waals surface area contributed by atoms with Gasteiger partial charge in [-0.2, -0.15) is 5.26 Å². The average molecular weight is 445 g/mol. The molecule has 166 valence electrons. The number of rotatable bonds is 7. The van der Waals surface area contributed by atoms with Gasteiger partial charge in [0.2, 0.25) is 0 Å². The number of halogens is 3. The molecule has 5 heteroatoms. The van der Waals surface area contributed by atoms with Gasteiger partial charge < -0.3 is 0 Å². The minimum Gasteiger partial charge on any atom is -0.256 e. The Hall–Kier alpha value is -3.65. The summed E-state index contributed by atoms with van der Waals surface area (Å²) in [4.78, 5) is 4.56. The number of benzene rings is 3. The first-order valence-corrected chi connectivity index (χ1v) is 11.0. The fourth-order valence-corrected chi connectivity index (χ4v) is 3.97. The molecule has 0 aliphatic carbocycles. The number of nitrogens with zero attached hydrogens (tertiary/aromatic N) is 2. The van der Waals surface area contributed by atoms with Gasteiger partial charge in [-0.3, -0.25) is 4.98 Å². The van der Waals surface area contributed by atoms with Crippen LogP contribution in [0.1, 0.15) is 42.0 Å². The van der Waals surface area contributed by atoms with Gasteiger partial charge in [0.25, 0.3) is 0 Å². The van der Waals surface area contributed by atoms with E-state index >= 15 is 4.39 Å². The lowest BCUT2D eigenvalue weighted by Crippen LogP contribution is -1.99. The molecule has 4 rings (SSSR count). The molecule has 3 aromatic carbocycles. The van der Waals surface area contributed by atoms with Gasteiger partial charge in [-0.25, -0.2) is 13.2 Å². The summed E-state index contributed by atoms with van der Waals surface area (Å²) in [6.45, 7) is 2.16. The van der Waals surface area contributed by atoms with E-state index in [4.69, 9.17) is 5.26 Å². The normalized spacial score (nSPS) is 11.0. The van der Waals surface area contributed by atoms with E-state index in [1.165, 1.54) is 11.6 Å². The van der Waals surface area contributed by atoms with E-state index in [2.05, 4.69) is 18.0 Å². The summed E-state index contributed by atoms with van der Waals surface area (Å²) in [7, 11) is 0. The van der Waals surface area contributed by atoms with Gasteiger partial charge in [-0.05, 0) is 72.0 Å². The van der Waals surface area contributed by atoms with Crippen molar-refractivity contribution in [2.24, 2.45) is 0 Å². The summed E-state index contributed by atoms with van der Waals surface area (Å²) < 4.78 is 42.8. The zero-order valence-corrected chi connectivity index (χ0v) is 18.3. The Morgan fingerprint density at radius 2 is 1.64 bits per heavy atom. The lowest BCUT2D eigenvalue weighted by Gasteiger charge is -2.10. The highest BCUT2D eigenvalue weighted by Gasteiger charge is 2.13. The Kier molecular flexibility index (Phi) is 6.74. The maximum atomic E-state index is 15.1. The van der Waals surface area contributed by atoms with Crippen LogP contribution in [0, 0.1) is 28.8 Å². The second kappa shape index (κ2) is 9.87. The zero-order chi connectivity index (χ0) is 23.4. The Labute approximate surface area is 191 Å². The number of pyridine rings is 1. The average Bonchev–Trinajstić information content (AvgIpc) is 2.82. The lowest BCUT2D eigenvalue weighted by molar-refractivity contribution is 0.572. The van der Waals surface area contributed by atoms with Gasteiger partial charge in [0, 0.05) is 17.1 Å². The van der Waals surface area contributed by atoms with Gasteiger partial charge in [-0.15, -0.1) is 0 Å². The quantitative estimate of drug-likeness (QED) is 0.299. The molecule has 0 fully saturated rings. The smallest absolute Gasteiger partial charge is 0.144 e. The molecule has 0 amide bonds. The Bertz CT molecular complexity index is 1320. The van der Waals surface area contributed by atoms with E-state index in [1.54, 1.807) is 12.1 Å². The molecule has 4 aromatic rings. The number of aryl methyl sites for hydroxylation is 3. The number of fused-ring (bicyclic) bond motifs is 1. The van der Waals surface area contributed by atoms with Crippen molar-refractivity contribution in [3.05, 3.63) is 100 Å². The molecule has 0 N–H and O–H groups in total. The van der Waals surface area contributed by atoms with Crippen LogP contribution in [0.15, 0.2) is 60.8 Å². The predicted molar refractivity (Wildman–Crippen MR) is 124 cm³/mol. The highest BCUT2D eigenvalue weighted by atomic mass is 19.1. The molecule has 1 aromatic heterocycles. The van der Waals surface area contributed by atoms with E-state index in [-0.39, 0.29) is 18.7 Å². The number of unbranched alkanes of at least 4 members (excludes halogenated alkanes) is 1. The highest BCUT2D eigenvalue weighted by Crippen LogP contribution is 2.28. The summed E-state index contributed by atoms with van der Waals surface area (Å²) in [5, 5.41) is 10.0. The Morgan fingerprint density at radius 3 is 2.30 bits per heavy atom. The summed E-state index contributed by atoms with van der Waals surface area (Å²) >= 11 is 0. The predicted octanol–water partition coefficient (Wildman–Crippen LogP) is 7.32. The van der Waals surface area contributed by atoms with Crippen molar-refractivity contribution in [3.63, 3.8) is 0 Å². The molecule has 0 unspecified atom stereocenters. The number of hydrogen-bond donors (Lipinski definition) is 0. The van der Waals surface area contributed by atoms with Crippen LogP contribution < -0.4 is 0 Å². The van der Waals surface area contributed by atoms with Crippen molar-refractivity contribution in [1.82, 2.24) is 4.98 Å². The first-order valence-electron chi connectivity index (χ1n) is 11.0. The molecule has 33 heavy (non-hydrogen) atoms. The zero-order valence-electron chi connectivity index (χ0n) is 18.3. The molecule has 0 atom stereocenters. The number of aromatic nitrogens is 1. The van der Waals surface area contributed by atoms with Crippen LogP contribution in [0.2, 0.25) is 0 Å². The molecule has 0 aliphatic heterocycles. The van der Waals surface area contributed by atoms with Crippen LogP contribution in [0.25, 0.3) is 22.0 Å². The monoisotopic (exact) mass is 444 g/mol. The van der Waals surface area contributed by atoms with Crippen molar-refractivity contribution in [1.29, 1.82) is 5.26 Å². The molecule has 1 heterocycles. The van der Waals surface area contributed by atoms with Crippen molar-refractivity contribution >= 4 is 10.8 Å². The van der Waals surface area contributed by atoms with E-state index in [1.807, 2.05) is 30.5 Å². The van der Waals surface area contributed by atoms with Crippen molar-refractivity contribution < 1.29 is 13.2 Å². The molecule has 0 bridgehead atoms. The van der Waals surface area contributed by atoms with Crippen molar-refractivity contribution in [3.8, 4) is 17.3 Å². The number of hydrogen-bond acceptors (Lipinski definition) is 2. The van der Waals surface area contributed by atoms with E-state index in [0.29, 0.717) is 16.5 Å². The Balaban J connectivity index is 1.54. The van der Waals surface area contributed by atoms with Gasteiger partial charge in [0.1, 0.15) is 29.1 Å². The second-order valence-corrected chi connectivity index (χ2v) is 8.18. The van der Waals surface area contributed by atoms with Crippen LogP contribution in [-0.2, 0) is 19.3 Å². The van der Waals surface area contributed by atoms with Crippen LogP contribution in [0.5, 0.6) is 0 Å². The maximum absolute atomic E-state index is 15.1. The topological polar surface area (TPSA) is 36.7 Å². The standard InChI is InChI=1S/C28H23F3N2/c1-2-3-4-18-6-12-27(33-17-18)22-10-11-23-21(15-22)9-8-20(28(23)31)7-5-19-13-25(29)24(16-32)26(30)14-19/h6,8-15,17H,2-5,7H2,1H3. The van der Waals surface area contributed by atoms with Crippen LogP contribution in [0.3, 0.4) is 0 Å². The highest BCUT2D eigenvalue weighted by molar-refractivity contribution is 5.88.